The fraction of sp³-hybridized carbons (Fsp3) is 0.417. The molecule has 0 heterocycles. The lowest BCUT2D eigenvalue weighted by Crippen LogP contribution is -2.40. The summed E-state index contributed by atoms with van der Waals surface area (Å²) in [6, 6.07) is 7.89. The van der Waals surface area contributed by atoms with Crippen molar-refractivity contribution in [1.82, 2.24) is 0 Å². The highest BCUT2D eigenvalue weighted by Crippen LogP contribution is 2.30. The van der Waals surface area contributed by atoms with E-state index in [2.05, 4.69) is 0 Å². The van der Waals surface area contributed by atoms with Crippen LogP contribution in [-0.2, 0) is 17.6 Å². The van der Waals surface area contributed by atoms with Crippen molar-refractivity contribution in [3.8, 4) is 0 Å². The van der Waals surface area contributed by atoms with Gasteiger partial charge in [-0.05, 0) is 18.1 Å². The second-order valence-electron chi connectivity index (χ2n) is 3.92. The molecule has 0 saturated carbocycles. The smallest absolute Gasteiger partial charge is 0.214 e. The van der Waals surface area contributed by atoms with Crippen LogP contribution in [0.1, 0.15) is 18.1 Å². The monoisotopic (exact) mass is 205 g/mol. The second kappa shape index (κ2) is 3.66. The number of hydrogen-bond acceptors (Lipinski definition) is 3. The van der Waals surface area contributed by atoms with Gasteiger partial charge >= 0.3 is 0 Å². The van der Waals surface area contributed by atoms with Crippen LogP contribution < -0.4 is 0 Å². The number of ether oxygens (including phenoxy) is 1. The van der Waals surface area contributed by atoms with Crippen molar-refractivity contribution in [3.63, 3.8) is 0 Å². The predicted molar refractivity (Wildman–Crippen MR) is 58.2 cm³/mol. The molecule has 1 aromatic rings. The van der Waals surface area contributed by atoms with E-state index >= 15 is 0 Å². The molecule has 1 aliphatic rings. The number of rotatable bonds is 2. The molecule has 2 N–H and O–H groups in total. The standard InChI is InChI=1S/C12H15NO2/c1-2-15-11(13)12(14)7-9-5-3-4-6-10(9)8-12/h3-6,13-14H,2,7-8H2,1H3. The van der Waals surface area contributed by atoms with E-state index in [9.17, 15) is 5.11 Å². The first kappa shape index (κ1) is 10.2. The summed E-state index contributed by atoms with van der Waals surface area (Å²) in [5.41, 5.74) is 1.11. The average Bonchev–Trinajstić information content (AvgIpc) is 2.56. The molecule has 0 fully saturated rings. The maximum atomic E-state index is 10.3. The number of aliphatic hydroxyl groups is 1. The number of hydrogen-bond donors (Lipinski definition) is 2. The molecule has 0 radical (unpaired) electrons. The van der Waals surface area contributed by atoms with Crippen molar-refractivity contribution in [2.24, 2.45) is 0 Å². The first-order valence-electron chi connectivity index (χ1n) is 5.17. The Bertz CT molecular complexity index is 362. The van der Waals surface area contributed by atoms with Gasteiger partial charge in [0.25, 0.3) is 0 Å². The highest BCUT2D eigenvalue weighted by molar-refractivity contribution is 5.84. The van der Waals surface area contributed by atoms with E-state index < -0.39 is 5.60 Å². The highest BCUT2D eigenvalue weighted by Gasteiger charge is 2.40. The predicted octanol–water partition coefficient (Wildman–Crippen LogP) is 1.53. The Morgan fingerprint density at radius 1 is 1.40 bits per heavy atom. The number of fused-ring (bicyclic) bond motifs is 1. The second-order valence-corrected chi connectivity index (χ2v) is 3.92. The van der Waals surface area contributed by atoms with Crippen LogP contribution in [0.2, 0.25) is 0 Å². The summed E-state index contributed by atoms with van der Waals surface area (Å²) in [6.45, 7) is 2.25. The molecule has 0 saturated heterocycles. The van der Waals surface area contributed by atoms with E-state index in [4.69, 9.17) is 10.1 Å². The van der Waals surface area contributed by atoms with E-state index in [-0.39, 0.29) is 5.90 Å². The van der Waals surface area contributed by atoms with Crippen molar-refractivity contribution in [2.45, 2.75) is 25.4 Å². The van der Waals surface area contributed by atoms with Crippen molar-refractivity contribution in [3.05, 3.63) is 35.4 Å². The molecule has 15 heavy (non-hydrogen) atoms. The summed E-state index contributed by atoms with van der Waals surface area (Å²) < 4.78 is 5.09. The van der Waals surface area contributed by atoms with Crippen molar-refractivity contribution in [1.29, 1.82) is 5.41 Å². The van der Waals surface area contributed by atoms with Crippen molar-refractivity contribution >= 4 is 5.90 Å². The fourth-order valence-corrected chi connectivity index (χ4v) is 2.03. The highest BCUT2D eigenvalue weighted by atomic mass is 16.5. The first-order chi connectivity index (χ1) is 7.15. The zero-order valence-electron chi connectivity index (χ0n) is 8.79. The minimum atomic E-state index is -1.13. The Morgan fingerprint density at radius 3 is 2.40 bits per heavy atom. The molecule has 0 aliphatic heterocycles. The molecule has 3 heteroatoms. The molecule has 2 rings (SSSR count). The molecule has 0 bridgehead atoms. The van der Waals surface area contributed by atoms with Gasteiger partial charge in [-0.1, -0.05) is 24.3 Å². The third kappa shape index (κ3) is 1.75. The quantitative estimate of drug-likeness (QED) is 0.568. The third-order valence-electron chi connectivity index (χ3n) is 2.80. The van der Waals surface area contributed by atoms with E-state index in [0.717, 1.165) is 11.1 Å². The molecule has 0 aromatic heterocycles. The lowest BCUT2D eigenvalue weighted by Gasteiger charge is -2.22. The molecule has 0 amide bonds. The van der Waals surface area contributed by atoms with Crippen LogP contribution in [-0.4, -0.2) is 23.2 Å². The van der Waals surface area contributed by atoms with Crippen molar-refractivity contribution in [2.75, 3.05) is 6.61 Å². The van der Waals surface area contributed by atoms with Crippen LogP contribution >= 0.6 is 0 Å². The van der Waals surface area contributed by atoms with E-state index in [1.54, 1.807) is 0 Å². The van der Waals surface area contributed by atoms with Gasteiger partial charge in [0, 0.05) is 12.8 Å². The number of nitrogens with one attached hydrogen (secondary N) is 1. The summed E-state index contributed by atoms with van der Waals surface area (Å²) in [5.74, 6) is -0.0128. The third-order valence-corrected chi connectivity index (χ3v) is 2.80. The fourth-order valence-electron chi connectivity index (χ4n) is 2.03. The largest absolute Gasteiger partial charge is 0.479 e. The first-order valence-corrected chi connectivity index (χ1v) is 5.17. The minimum absolute atomic E-state index is 0.0128. The molecule has 3 nitrogen and oxygen atoms in total. The Balaban J connectivity index is 2.21. The van der Waals surface area contributed by atoms with Gasteiger partial charge in [-0.2, -0.15) is 0 Å². The summed E-state index contributed by atoms with van der Waals surface area (Å²) in [7, 11) is 0. The van der Waals surface area contributed by atoms with Gasteiger partial charge in [0.15, 0.2) is 0 Å². The SMILES string of the molecule is CCOC(=N)C1(O)Cc2ccccc2C1. The van der Waals surface area contributed by atoms with Crippen LogP contribution in [0, 0.1) is 5.41 Å². The summed E-state index contributed by atoms with van der Waals surface area (Å²) in [6.07, 6.45) is 0.976. The lowest BCUT2D eigenvalue weighted by atomic mass is 10.0. The van der Waals surface area contributed by atoms with Crippen LogP contribution in [0.3, 0.4) is 0 Å². The lowest BCUT2D eigenvalue weighted by molar-refractivity contribution is 0.0884. The summed E-state index contributed by atoms with van der Waals surface area (Å²) >= 11 is 0. The van der Waals surface area contributed by atoms with Gasteiger partial charge < -0.3 is 9.84 Å². The van der Waals surface area contributed by atoms with Gasteiger partial charge in [0.2, 0.25) is 5.90 Å². The Hall–Kier alpha value is -1.35. The number of benzene rings is 1. The molecule has 1 aromatic carbocycles. The van der Waals surface area contributed by atoms with E-state index in [1.165, 1.54) is 0 Å². The zero-order valence-corrected chi connectivity index (χ0v) is 8.79. The van der Waals surface area contributed by atoms with Gasteiger partial charge in [-0.3, -0.25) is 5.41 Å². The minimum Gasteiger partial charge on any atom is -0.479 e. The average molecular weight is 205 g/mol. The Labute approximate surface area is 89.2 Å². The molecule has 80 valence electrons. The van der Waals surface area contributed by atoms with Gasteiger partial charge in [0.1, 0.15) is 5.60 Å². The van der Waals surface area contributed by atoms with Crippen LogP contribution in [0.4, 0.5) is 0 Å². The normalized spacial score (nSPS) is 17.2. The van der Waals surface area contributed by atoms with Crippen LogP contribution in [0.15, 0.2) is 24.3 Å². The molecule has 0 unspecified atom stereocenters. The van der Waals surface area contributed by atoms with Gasteiger partial charge in [0.05, 0.1) is 6.61 Å². The molecule has 0 spiro atoms. The Morgan fingerprint density at radius 2 is 1.93 bits per heavy atom. The van der Waals surface area contributed by atoms with E-state index in [0.29, 0.717) is 19.4 Å². The van der Waals surface area contributed by atoms with Crippen LogP contribution in [0.25, 0.3) is 0 Å². The molecular formula is C12H15NO2. The molecule has 1 aliphatic carbocycles. The van der Waals surface area contributed by atoms with Gasteiger partial charge in [-0.15, -0.1) is 0 Å². The van der Waals surface area contributed by atoms with E-state index in [1.807, 2.05) is 31.2 Å². The van der Waals surface area contributed by atoms with Crippen molar-refractivity contribution < 1.29 is 9.84 Å². The maximum Gasteiger partial charge on any atom is 0.214 e. The Kier molecular flexibility index (Phi) is 2.49. The van der Waals surface area contributed by atoms with Gasteiger partial charge in [-0.25, -0.2) is 0 Å². The zero-order chi connectivity index (χ0) is 10.9. The summed E-state index contributed by atoms with van der Waals surface area (Å²) in [4.78, 5) is 0. The topological polar surface area (TPSA) is 53.3 Å². The molecule has 0 atom stereocenters. The summed E-state index contributed by atoms with van der Waals surface area (Å²) in [5, 5.41) is 17.9. The maximum absolute atomic E-state index is 10.3. The molecular weight excluding hydrogens is 190 g/mol. The van der Waals surface area contributed by atoms with Crippen LogP contribution in [0.5, 0.6) is 0 Å².